The van der Waals surface area contributed by atoms with E-state index in [2.05, 4.69) is 40.7 Å². The lowest BCUT2D eigenvalue weighted by atomic mass is 10.3. The molecule has 3 aromatic heterocycles. The second kappa shape index (κ2) is 9.92. The fourth-order valence-electron chi connectivity index (χ4n) is 3.13. The summed E-state index contributed by atoms with van der Waals surface area (Å²) in [6.07, 6.45) is 4.33. The predicted molar refractivity (Wildman–Crippen MR) is 123 cm³/mol. The molecule has 1 aliphatic rings. The molecule has 0 amide bonds. The summed E-state index contributed by atoms with van der Waals surface area (Å²) in [7, 11) is 1.74. The number of aliphatic imine (C=N–C) groups is 1. The maximum atomic E-state index is 6.26. The van der Waals surface area contributed by atoms with Gasteiger partial charge in [-0.2, -0.15) is 0 Å². The van der Waals surface area contributed by atoms with Crippen LogP contribution >= 0.6 is 35.6 Å². The highest BCUT2D eigenvalue weighted by molar-refractivity contribution is 14.0. The Labute approximate surface area is 190 Å². The van der Waals surface area contributed by atoms with Gasteiger partial charge in [0, 0.05) is 32.4 Å². The first kappa shape index (κ1) is 21.4. The van der Waals surface area contributed by atoms with Crippen LogP contribution in [0, 0.1) is 0 Å². The van der Waals surface area contributed by atoms with Crippen LogP contribution in [0.1, 0.15) is 12.2 Å². The third kappa shape index (κ3) is 5.18. The SMILES string of the molecule is CN=C(NCc1nc(-c2ccco2)n[nH]1)NC1CCN(c2ncccc2Cl)C1.I. The molecule has 1 aliphatic heterocycles. The lowest BCUT2D eigenvalue weighted by Crippen LogP contribution is -2.44. The van der Waals surface area contributed by atoms with Crippen molar-refractivity contribution in [3.63, 3.8) is 0 Å². The number of nitrogens with zero attached hydrogens (tertiary/aromatic N) is 5. The number of halogens is 2. The molecular formula is C18H22ClIN8O. The van der Waals surface area contributed by atoms with Gasteiger partial charge in [0.05, 0.1) is 17.8 Å². The molecule has 4 rings (SSSR count). The topological polar surface area (TPSA) is 107 Å². The van der Waals surface area contributed by atoms with Crippen molar-refractivity contribution < 1.29 is 4.42 Å². The molecule has 3 aromatic rings. The normalized spacial score (nSPS) is 16.6. The summed E-state index contributed by atoms with van der Waals surface area (Å²) in [6.45, 7) is 2.16. The highest BCUT2D eigenvalue weighted by atomic mass is 127. The van der Waals surface area contributed by atoms with Crippen LogP contribution in [0.25, 0.3) is 11.6 Å². The smallest absolute Gasteiger partial charge is 0.216 e. The van der Waals surface area contributed by atoms with Crippen LogP contribution in [-0.4, -0.2) is 52.3 Å². The molecule has 3 N–H and O–H groups in total. The second-order valence-electron chi connectivity index (χ2n) is 6.39. The van der Waals surface area contributed by atoms with Gasteiger partial charge in [-0.3, -0.25) is 10.1 Å². The number of hydrogen-bond donors (Lipinski definition) is 3. The molecule has 0 aliphatic carbocycles. The molecule has 0 spiro atoms. The summed E-state index contributed by atoms with van der Waals surface area (Å²) in [5.41, 5.74) is 0. The molecule has 9 nitrogen and oxygen atoms in total. The van der Waals surface area contributed by atoms with Gasteiger partial charge in [-0.05, 0) is 30.7 Å². The maximum absolute atomic E-state index is 6.26. The molecular weight excluding hydrogens is 507 g/mol. The number of aromatic amines is 1. The van der Waals surface area contributed by atoms with Crippen LogP contribution < -0.4 is 15.5 Å². The number of nitrogens with one attached hydrogen (secondary N) is 3. The summed E-state index contributed by atoms with van der Waals surface area (Å²) in [5, 5.41) is 14.4. The number of anilines is 1. The van der Waals surface area contributed by atoms with Gasteiger partial charge in [-0.15, -0.1) is 29.1 Å². The van der Waals surface area contributed by atoms with Crippen LogP contribution in [0.5, 0.6) is 0 Å². The predicted octanol–water partition coefficient (Wildman–Crippen LogP) is 2.68. The first-order chi connectivity index (χ1) is 13.7. The molecule has 0 radical (unpaired) electrons. The van der Waals surface area contributed by atoms with Crippen LogP contribution in [0.4, 0.5) is 5.82 Å². The van der Waals surface area contributed by atoms with E-state index in [1.807, 2.05) is 18.2 Å². The van der Waals surface area contributed by atoms with E-state index < -0.39 is 0 Å². The van der Waals surface area contributed by atoms with Crippen LogP contribution in [-0.2, 0) is 6.54 Å². The van der Waals surface area contributed by atoms with Crippen molar-refractivity contribution in [2.45, 2.75) is 19.0 Å². The fourth-order valence-corrected chi connectivity index (χ4v) is 3.37. The zero-order valence-electron chi connectivity index (χ0n) is 15.8. The van der Waals surface area contributed by atoms with Gasteiger partial charge in [-0.1, -0.05) is 11.6 Å². The van der Waals surface area contributed by atoms with E-state index in [4.69, 9.17) is 16.0 Å². The lowest BCUT2D eigenvalue weighted by Gasteiger charge is -2.20. The average Bonchev–Trinajstić information content (AvgIpc) is 3.46. The number of aromatic nitrogens is 4. The number of pyridine rings is 1. The molecule has 1 unspecified atom stereocenters. The monoisotopic (exact) mass is 528 g/mol. The summed E-state index contributed by atoms with van der Waals surface area (Å²) in [4.78, 5) is 15.3. The van der Waals surface area contributed by atoms with Crippen molar-refractivity contribution in [2.75, 3.05) is 25.0 Å². The minimum atomic E-state index is 0. The molecule has 0 aromatic carbocycles. The van der Waals surface area contributed by atoms with E-state index in [1.54, 1.807) is 25.6 Å². The molecule has 0 bridgehead atoms. The molecule has 29 heavy (non-hydrogen) atoms. The Hall–Kier alpha value is -2.34. The third-order valence-corrected chi connectivity index (χ3v) is 4.78. The zero-order valence-corrected chi connectivity index (χ0v) is 18.9. The number of rotatable bonds is 5. The number of H-pyrrole nitrogens is 1. The second-order valence-corrected chi connectivity index (χ2v) is 6.80. The fraction of sp³-hybridized carbons (Fsp3) is 0.333. The maximum Gasteiger partial charge on any atom is 0.216 e. The van der Waals surface area contributed by atoms with Crippen LogP contribution in [0.15, 0.2) is 46.1 Å². The molecule has 1 atom stereocenters. The van der Waals surface area contributed by atoms with Gasteiger partial charge in [0.1, 0.15) is 11.6 Å². The average molecular weight is 529 g/mol. The Balaban J connectivity index is 0.00000240. The first-order valence-corrected chi connectivity index (χ1v) is 9.38. The van der Waals surface area contributed by atoms with E-state index in [0.717, 1.165) is 25.3 Å². The molecule has 4 heterocycles. The van der Waals surface area contributed by atoms with Gasteiger partial charge >= 0.3 is 0 Å². The van der Waals surface area contributed by atoms with Gasteiger partial charge in [0.15, 0.2) is 11.7 Å². The highest BCUT2D eigenvalue weighted by Crippen LogP contribution is 2.25. The summed E-state index contributed by atoms with van der Waals surface area (Å²) in [6, 6.07) is 7.57. The Kier molecular flexibility index (Phi) is 7.31. The Bertz CT molecular complexity index is 945. The van der Waals surface area contributed by atoms with E-state index in [-0.39, 0.29) is 30.0 Å². The molecule has 0 saturated carbocycles. The zero-order chi connectivity index (χ0) is 19.3. The van der Waals surface area contributed by atoms with E-state index in [9.17, 15) is 0 Å². The van der Waals surface area contributed by atoms with Crippen molar-refractivity contribution in [3.05, 3.63) is 47.6 Å². The van der Waals surface area contributed by atoms with Crippen molar-refractivity contribution in [1.29, 1.82) is 0 Å². The highest BCUT2D eigenvalue weighted by Gasteiger charge is 2.25. The van der Waals surface area contributed by atoms with E-state index in [1.165, 1.54) is 0 Å². The molecule has 154 valence electrons. The van der Waals surface area contributed by atoms with Gasteiger partial charge in [0.2, 0.25) is 5.82 Å². The molecule has 1 fully saturated rings. The van der Waals surface area contributed by atoms with Crippen molar-refractivity contribution >= 4 is 47.4 Å². The van der Waals surface area contributed by atoms with Gasteiger partial charge < -0.3 is 20.0 Å². The summed E-state index contributed by atoms with van der Waals surface area (Å²) < 4.78 is 5.30. The standard InChI is InChI=1S/C18H21ClN8O.HI/c1-20-18(22-10-15-24-16(26-25-15)14-5-3-9-28-14)23-12-6-8-27(11-12)17-13(19)4-2-7-21-17;/h2-5,7,9,12H,6,8,10-11H2,1H3,(H2,20,22,23)(H,24,25,26);1H. The first-order valence-electron chi connectivity index (χ1n) is 9.00. The summed E-state index contributed by atoms with van der Waals surface area (Å²) >= 11 is 6.26. The number of hydrogen-bond acceptors (Lipinski definition) is 6. The Morgan fingerprint density at radius 3 is 3.07 bits per heavy atom. The minimum Gasteiger partial charge on any atom is -0.461 e. The Morgan fingerprint density at radius 2 is 2.31 bits per heavy atom. The lowest BCUT2D eigenvalue weighted by molar-refractivity contribution is 0.577. The largest absolute Gasteiger partial charge is 0.461 e. The van der Waals surface area contributed by atoms with Crippen LogP contribution in [0.3, 0.4) is 0 Å². The Morgan fingerprint density at radius 1 is 1.41 bits per heavy atom. The minimum absolute atomic E-state index is 0. The van der Waals surface area contributed by atoms with Crippen molar-refractivity contribution in [2.24, 2.45) is 4.99 Å². The van der Waals surface area contributed by atoms with Crippen LogP contribution in [0.2, 0.25) is 5.02 Å². The quantitative estimate of drug-likeness (QED) is 0.266. The van der Waals surface area contributed by atoms with E-state index >= 15 is 0 Å². The molecule has 11 heteroatoms. The summed E-state index contributed by atoms with van der Waals surface area (Å²) in [5.74, 6) is 3.38. The number of furan rings is 1. The molecule has 1 saturated heterocycles. The number of guanidine groups is 1. The van der Waals surface area contributed by atoms with Crippen molar-refractivity contribution in [3.8, 4) is 11.6 Å². The van der Waals surface area contributed by atoms with Crippen molar-refractivity contribution in [1.82, 2.24) is 30.8 Å². The third-order valence-electron chi connectivity index (χ3n) is 4.49. The van der Waals surface area contributed by atoms with Gasteiger partial charge in [-0.25, -0.2) is 9.97 Å². The van der Waals surface area contributed by atoms with E-state index in [0.29, 0.717) is 34.9 Å². The van der Waals surface area contributed by atoms with Gasteiger partial charge in [0.25, 0.3) is 0 Å².